The summed E-state index contributed by atoms with van der Waals surface area (Å²) in [5.74, 6) is 0.166. The van der Waals surface area contributed by atoms with Gasteiger partial charge in [-0.25, -0.2) is 4.39 Å². The Morgan fingerprint density at radius 1 is 1.26 bits per heavy atom. The summed E-state index contributed by atoms with van der Waals surface area (Å²) in [7, 11) is 1.86. The van der Waals surface area contributed by atoms with Crippen molar-refractivity contribution in [3.05, 3.63) is 34.6 Å². The smallest absolute Gasteiger partial charge is 0.128 e. The van der Waals surface area contributed by atoms with E-state index in [0.29, 0.717) is 12.5 Å². The zero-order valence-electron chi connectivity index (χ0n) is 12.9. The SMILES string of the molecule is CCOC(C(C)C)C(NC)c1c(C)cc(C)cc1F. The number of benzene rings is 1. The van der Waals surface area contributed by atoms with Gasteiger partial charge in [0.05, 0.1) is 12.1 Å². The Hall–Kier alpha value is -0.930. The minimum absolute atomic E-state index is 0.0362. The first kappa shape index (κ1) is 16.1. The largest absolute Gasteiger partial charge is 0.376 e. The van der Waals surface area contributed by atoms with E-state index in [9.17, 15) is 4.39 Å². The van der Waals surface area contributed by atoms with Crippen LogP contribution in [0.2, 0.25) is 0 Å². The van der Waals surface area contributed by atoms with Crippen molar-refractivity contribution < 1.29 is 9.13 Å². The van der Waals surface area contributed by atoms with Crippen LogP contribution in [0.15, 0.2) is 12.1 Å². The van der Waals surface area contributed by atoms with E-state index in [1.165, 1.54) is 0 Å². The van der Waals surface area contributed by atoms with Crippen LogP contribution in [0.4, 0.5) is 4.39 Å². The molecule has 0 saturated carbocycles. The van der Waals surface area contributed by atoms with E-state index in [2.05, 4.69) is 19.2 Å². The molecule has 1 N–H and O–H groups in total. The predicted molar refractivity (Wildman–Crippen MR) is 77.9 cm³/mol. The number of ether oxygens (including phenoxy) is 1. The van der Waals surface area contributed by atoms with Crippen molar-refractivity contribution >= 4 is 0 Å². The van der Waals surface area contributed by atoms with Gasteiger partial charge in [-0.15, -0.1) is 0 Å². The third kappa shape index (κ3) is 3.77. The molecule has 2 unspecified atom stereocenters. The van der Waals surface area contributed by atoms with Crippen LogP contribution in [0.1, 0.15) is 43.5 Å². The minimum atomic E-state index is -0.151. The van der Waals surface area contributed by atoms with Crippen LogP contribution >= 0.6 is 0 Å². The van der Waals surface area contributed by atoms with Gasteiger partial charge in [0.15, 0.2) is 0 Å². The summed E-state index contributed by atoms with van der Waals surface area (Å²) in [6.07, 6.45) is -0.0362. The van der Waals surface area contributed by atoms with Crippen LogP contribution in [0.3, 0.4) is 0 Å². The van der Waals surface area contributed by atoms with Gasteiger partial charge in [0.25, 0.3) is 0 Å². The maximum atomic E-state index is 14.3. The highest BCUT2D eigenvalue weighted by Crippen LogP contribution is 2.29. The zero-order valence-corrected chi connectivity index (χ0v) is 12.9. The fourth-order valence-corrected chi connectivity index (χ4v) is 2.66. The molecule has 19 heavy (non-hydrogen) atoms. The highest BCUT2D eigenvalue weighted by atomic mass is 19.1. The van der Waals surface area contributed by atoms with Crippen molar-refractivity contribution in [1.29, 1.82) is 0 Å². The summed E-state index contributed by atoms with van der Waals surface area (Å²) in [5, 5.41) is 3.22. The molecule has 1 rings (SSSR count). The summed E-state index contributed by atoms with van der Waals surface area (Å²) < 4.78 is 20.1. The van der Waals surface area contributed by atoms with Gasteiger partial charge < -0.3 is 10.1 Å². The van der Waals surface area contributed by atoms with Crippen molar-refractivity contribution in [2.75, 3.05) is 13.7 Å². The number of nitrogens with one attached hydrogen (secondary N) is 1. The lowest BCUT2D eigenvalue weighted by Gasteiger charge is -2.31. The van der Waals surface area contributed by atoms with Crippen LogP contribution in [-0.2, 0) is 4.74 Å². The molecule has 3 heteroatoms. The number of rotatable bonds is 6. The van der Waals surface area contributed by atoms with E-state index in [4.69, 9.17) is 4.74 Å². The standard InChI is InChI=1S/C16H26FNO/c1-7-19-16(10(2)3)15(18-6)14-12(5)8-11(4)9-13(14)17/h8-10,15-16,18H,7H2,1-6H3. The van der Waals surface area contributed by atoms with E-state index in [1.54, 1.807) is 6.07 Å². The fraction of sp³-hybridized carbons (Fsp3) is 0.625. The molecule has 108 valence electrons. The third-order valence-corrected chi connectivity index (χ3v) is 3.45. The molecule has 0 aliphatic heterocycles. The van der Waals surface area contributed by atoms with Crippen LogP contribution < -0.4 is 5.32 Å². The molecule has 1 aromatic rings. The number of hydrogen-bond acceptors (Lipinski definition) is 2. The van der Waals surface area contributed by atoms with E-state index < -0.39 is 0 Å². The van der Waals surface area contributed by atoms with Gasteiger partial charge in [0.1, 0.15) is 5.82 Å². The lowest BCUT2D eigenvalue weighted by molar-refractivity contribution is 0.00365. The summed E-state index contributed by atoms with van der Waals surface area (Å²) in [5.41, 5.74) is 2.65. The zero-order chi connectivity index (χ0) is 14.6. The molecule has 0 amide bonds. The van der Waals surface area contributed by atoms with Gasteiger partial charge in [-0.1, -0.05) is 19.9 Å². The van der Waals surface area contributed by atoms with Crippen molar-refractivity contribution in [3.63, 3.8) is 0 Å². The Labute approximate surface area is 116 Å². The lowest BCUT2D eigenvalue weighted by atomic mass is 9.89. The van der Waals surface area contributed by atoms with Crippen LogP contribution in [-0.4, -0.2) is 19.8 Å². The van der Waals surface area contributed by atoms with E-state index >= 15 is 0 Å². The molecule has 0 aliphatic carbocycles. The molecule has 0 bridgehead atoms. The molecule has 0 spiro atoms. The second kappa shape index (κ2) is 7.01. The second-order valence-electron chi connectivity index (χ2n) is 5.41. The summed E-state index contributed by atoms with van der Waals surface area (Å²) in [6, 6.07) is 3.49. The molecule has 0 fully saturated rings. The van der Waals surface area contributed by atoms with Crippen LogP contribution in [0.5, 0.6) is 0 Å². The number of likely N-dealkylation sites (N-methyl/N-ethyl adjacent to an activating group) is 1. The average molecular weight is 267 g/mol. The molecule has 0 heterocycles. The molecule has 0 saturated heterocycles. The molecule has 0 aromatic heterocycles. The van der Waals surface area contributed by atoms with E-state index in [1.807, 2.05) is 33.9 Å². The monoisotopic (exact) mass is 267 g/mol. The first-order valence-corrected chi connectivity index (χ1v) is 6.97. The second-order valence-corrected chi connectivity index (χ2v) is 5.41. The first-order chi connectivity index (χ1) is 8.92. The molecule has 0 aliphatic rings. The molecular weight excluding hydrogens is 241 g/mol. The molecule has 2 atom stereocenters. The Balaban J connectivity index is 3.22. The Morgan fingerprint density at radius 2 is 1.89 bits per heavy atom. The van der Waals surface area contributed by atoms with Gasteiger partial charge in [-0.3, -0.25) is 0 Å². The van der Waals surface area contributed by atoms with E-state index in [-0.39, 0.29) is 18.0 Å². The Bertz CT molecular complexity index is 394. The van der Waals surface area contributed by atoms with Crippen molar-refractivity contribution in [1.82, 2.24) is 5.32 Å². The van der Waals surface area contributed by atoms with Crippen LogP contribution in [0, 0.1) is 25.6 Å². The number of halogens is 1. The number of hydrogen-bond donors (Lipinski definition) is 1. The normalized spacial score (nSPS) is 14.7. The van der Waals surface area contributed by atoms with Crippen molar-refractivity contribution in [3.8, 4) is 0 Å². The first-order valence-electron chi connectivity index (χ1n) is 6.97. The molecule has 1 aromatic carbocycles. The third-order valence-electron chi connectivity index (χ3n) is 3.45. The Kier molecular flexibility index (Phi) is 5.95. The van der Waals surface area contributed by atoms with Crippen molar-refractivity contribution in [2.24, 2.45) is 5.92 Å². The number of aryl methyl sites for hydroxylation is 2. The average Bonchev–Trinajstić information content (AvgIpc) is 2.30. The van der Waals surface area contributed by atoms with Crippen molar-refractivity contribution in [2.45, 2.75) is 46.8 Å². The minimum Gasteiger partial charge on any atom is -0.376 e. The van der Waals surface area contributed by atoms with Gasteiger partial charge in [0.2, 0.25) is 0 Å². The predicted octanol–water partition coefficient (Wildman–Crippen LogP) is 3.76. The van der Waals surface area contributed by atoms with Gasteiger partial charge >= 0.3 is 0 Å². The fourth-order valence-electron chi connectivity index (χ4n) is 2.66. The maximum absolute atomic E-state index is 14.3. The van der Waals surface area contributed by atoms with Gasteiger partial charge in [-0.2, -0.15) is 0 Å². The van der Waals surface area contributed by atoms with E-state index in [0.717, 1.165) is 16.7 Å². The molecular formula is C16H26FNO. The Morgan fingerprint density at radius 3 is 2.32 bits per heavy atom. The molecule has 0 radical (unpaired) electrons. The highest BCUT2D eigenvalue weighted by molar-refractivity contribution is 5.35. The van der Waals surface area contributed by atoms with Crippen LogP contribution in [0.25, 0.3) is 0 Å². The lowest BCUT2D eigenvalue weighted by Crippen LogP contribution is -2.36. The summed E-state index contributed by atoms with van der Waals surface area (Å²) >= 11 is 0. The van der Waals surface area contributed by atoms with Gasteiger partial charge in [-0.05, 0) is 50.9 Å². The summed E-state index contributed by atoms with van der Waals surface area (Å²) in [4.78, 5) is 0. The summed E-state index contributed by atoms with van der Waals surface area (Å²) in [6.45, 7) is 10.7. The van der Waals surface area contributed by atoms with Gasteiger partial charge in [0, 0.05) is 12.2 Å². The maximum Gasteiger partial charge on any atom is 0.128 e. The quantitative estimate of drug-likeness (QED) is 0.847. The molecule has 2 nitrogen and oxygen atoms in total. The topological polar surface area (TPSA) is 21.3 Å². The highest BCUT2D eigenvalue weighted by Gasteiger charge is 2.28.